The lowest BCUT2D eigenvalue weighted by molar-refractivity contribution is 0.0708. The number of halogens is 1. The second kappa shape index (κ2) is 4.82. The SMILES string of the molecule is Cc1cc(Br)oc1C(=O)N1CC(CN)CC1C. The third-order valence-corrected chi connectivity index (χ3v) is 3.73. The maximum Gasteiger partial charge on any atom is 0.290 e. The molecule has 4 nitrogen and oxygen atoms in total. The molecule has 0 spiro atoms. The van der Waals surface area contributed by atoms with Crippen molar-refractivity contribution in [2.24, 2.45) is 11.7 Å². The molecule has 2 N–H and O–H groups in total. The molecule has 0 aliphatic carbocycles. The van der Waals surface area contributed by atoms with Crippen LogP contribution in [0, 0.1) is 12.8 Å². The predicted octanol–water partition coefficient (Wildman–Crippen LogP) is 2.16. The smallest absolute Gasteiger partial charge is 0.290 e. The van der Waals surface area contributed by atoms with Crippen LogP contribution in [-0.4, -0.2) is 29.9 Å². The zero-order valence-corrected chi connectivity index (χ0v) is 11.7. The zero-order chi connectivity index (χ0) is 12.6. The van der Waals surface area contributed by atoms with Gasteiger partial charge in [0.2, 0.25) is 0 Å². The number of hydrogen-bond acceptors (Lipinski definition) is 3. The zero-order valence-electron chi connectivity index (χ0n) is 10.1. The quantitative estimate of drug-likeness (QED) is 0.910. The second-order valence-corrected chi connectivity index (χ2v) is 5.49. The van der Waals surface area contributed by atoms with Gasteiger partial charge in [0.25, 0.3) is 5.91 Å². The summed E-state index contributed by atoms with van der Waals surface area (Å²) in [5.74, 6) is 0.811. The van der Waals surface area contributed by atoms with Gasteiger partial charge in [-0.1, -0.05) is 0 Å². The Morgan fingerprint density at radius 2 is 2.41 bits per heavy atom. The average molecular weight is 301 g/mol. The lowest BCUT2D eigenvalue weighted by Gasteiger charge is -2.20. The van der Waals surface area contributed by atoms with E-state index in [1.165, 1.54) is 0 Å². The highest BCUT2D eigenvalue weighted by Gasteiger charge is 2.34. The number of likely N-dealkylation sites (tertiary alicyclic amines) is 1. The Kier molecular flexibility index (Phi) is 3.58. The van der Waals surface area contributed by atoms with Gasteiger partial charge in [-0.3, -0.25) is 4.79 Å². The maximum absolute atomic E-state index is 12.3. The van der Waals surface area contributed by atoms with E-state index in [0.717, 1.165) is 18.5 Å². The fraction of sp³-hybridized carbons (Fsp3) is 0.583. The minimum atomic E-state index is -0.0309. The summed E-state index contributed by atoms with van der Waals surface area (Å²) in [6, 6.07) is 2.05. The van der Waals surface area contributed by atoms with Crippen LogP contribution in [0.1, 0.15) is 29.5 Å². The van der Waals surface area contributed by atoms with Crippen LogP contribution in [0.3, 0.4) is 0 Å². The van der Waals surface area contributed by atoms with Crippen molar-refractivity contribution in [3.8, 4) is 0 Å². The summed E-state index contributed by atoms with van der Waals surface area (Å²) in [5, 5.41) is 0. The maximum atomic E-state index is 12.3. The molecule has 1 aliphatic heterocycles. The lowest BCUT2D eigenvalue weighted by Crippen LogP contribution is -2.34. The van der Waals surface area contributed by atoms with Crippen LogP contribution in [0.15, 0.2) is 15.2 Å². The third-order valence-electron chi connectivity index (χ3n) is 3.34. The normalized spacial score (nSPS) is 24.4. The molecule has 1 saturated heterocycles. The molecule has 0 aromatic carbocycles. The molecule has 1 aliphatic rings. The first-order chi connectivity index (χ1) is 8.02. The Hall–Kier alpha value is -0.810. The Morgan fingerprint density at radius 1 is 1.71 bits per heavy atom. The molecule has 2 atom stereocenters. The molecule has 1 fully saturated rings. The number of amides is 1. The fourth-order valence-corrected chi connectivity index (χ4v) is 2.89. The Bertz CT molecular complexity index is 430. The molecular weight excluding hydrogens is 284 g/mol. The van der Waals surface area contributed by atoms with E-state index in [1.807, 2.05) is 17.9 Å². The van der Waals surface area contributed by atoms with Gasteiger partial charge in [0.05, 0.1) is 0 Å². The van der Waals surface area contributed by atoms with E-state index in [-0.39, 0.29) is 11.9 Å². The highest BCUT2D eigenvalue weighted by molar-refractivity contribution is 9.10. The first-order valence-corrected chi connectivity index (χ1v) is 6.59. The highest BCUT2D eigenvalue weighted by atomic mass is 79.9. The van der Waals surface area contributed by atoms with E-state index in [4.69, 9.17) is 10.2 Å². The van der Waals surface area contributed by atoms with Crippen molar-refractivity contribution in [3.05, 3.63) is 22.1 Å². The minimum absolute atomic E-state index is 0.0309. The molecule has 94 valence electrons. The summed E-state index contributed by atoms with van der Waals surface area (Å²) in [6.07, 6.45) is 0.975. The molecule has 2 rings (SSSR count). The van der Waals surface area contributed by atoms with Crippen LogP contribution >= 0.6 is 15.9 Å². The van der Waals surface area contributed by atoms with E-state index >= 15 is 0 Å². The van der Waals surface area contributed by atoms with Crippen LogP contribution in [0.2, 0.25) is 0 Å². The number of aryl methyl sites for hydroxylation is 1. The van der Waals surface area contributed by atoms with Gasteiger partial charge in [-0.2, -0.15) is 0 Å². The molecule has 0 radical (unpaired) electrons. The standard InChI is InChI=1S/C12H17BrN2O2/c1-7-3-10(13)17-11(7)12(16)15-6-9(5-14)4-8(15)2/h3,8-9H,4-6,14H2,1-2H3. The molecule has 0 saturated carbocycles. The summed E-state index contributed by atoms with van der Waals surface area (Å²) >= 11 is 3.24. The lowest BCUT2D eigenvalue weighted by atomic mass is 10.1. The summed E-state index contributed by atoms with van der Waals surface area (Å²) in [4.78, 5) is 14.2. The topological polar surface area (TPSA) is 59.5 Å². The summed E-state index contributed by atoms with van der Waals surface area (Å²) in [5.41, 5.74) is 6.53. The van der Waals surface area contributed by atoms with Gasteiger partial charge in [0, 0.05) is 18.2 Å². The summed E-state index contributed by atoms with van der Waals surface area (Å²) in [7, 11) is 0. The van der Waals surface area contributed by atoms with E-state index in [9.17, 15) is 4.79 Å². The number of carbonyl (C=O) groups excluding carboxylic acids is 1. The first kappa shape index (κ1) is 12.6. The largest absolute Gasteiger partial charge is 0.444 e. The Labute approximate surface area is 109 Å². The van der Waals surface area contributed by atoms with Crippen LogP contribution in [0.25, 0.3) is 0 Å². The second-order valence-electron chi connectivity index (χ2n) is 4.71. The van der Waals surface area contributed by atoms with Crippen molar-refractivity contribution >= 4 is 21.8 Å². The van der Waals surface area contributed by atoms with Crippen LogP contribution < -0.4 is 5.73 Å². The molecule has 2 heterocycles. The van der Waals surface area contributed by atoms with E-state index in [0.29, 0.717) is 22.9 Å². The highest BCUT2D eigenvalue weighted by Crippen LogP contribution is 2.27. The summed E-state index contributed by atoms with van der Waals surface area (Å²) in [6.45, 7) is 5.30. The van der Waals surface area contributed by atoms with Crippen molar-refractivity contribution in [2.75, 3.05) is 13.1 Å². The Morgan fingerprint density at radius 3 is 2.88 bits per heavy atom. The van der Waals surface area contributed by atoms with Gasteiger partial charge >= 0.3 is 0 Å². The molecule has 17 heavy (non-hydrogen) atoms. The number of rotatable bonds is 2. The minimum Gasteiger partial charge on any atom is -0.444 e. The van der Waals surface area contributed by atoms with Crippen LogP contribution in [0.4, 0.5) is 0 Å². The van der Waals surface area contributed by atoms with Crippen LogP contribution in [-0.2, 0) is 0 Å². The molecular formula is C12H17BrN2O2. The molecule has 1 aromatic heterocycles. The predicted molar refractivity (Wildman–Crippen MR) is 68.8 cm³/mol. The van der Waals surface area contributed by atoms with Gasteiger partial charge < -0.3 is 15.1 Å². The van der Waals surface area contributed by atoms with Crippen molar-refractivity contribution in [1.29, 1.82) is 0 Å². The molecule has 5 heteroatoms. The first-order valence-electron chi connectivity index (χ1n) is 5.80. The molecule has 1 amide bonds. The number of hydrogen-bond donors (Lipinski definition) is 1. The van der Waals surface area contributed by atoms with Gasteiger partial charge in [-0.05, 0) is 54.7 Å². The van der Waals surface area contributed by atoms with Gasteiger partial charge in [0.1, 0.15) is 0 Å². The van der Waals surface area contributed by atoms with Gasteiger partial charge in [-0.25, -0.2) is 0 Å². The molecule has 1 aromatic rings. The number of carbonyl (C=O) groups is 1. The third kappa shape index (κ3) is 2.40. The van der Waals surface area contributed by atoms with Crippen molar-refractivity contribution in [1.82, 2.24) is 4.90 Å². The van der Waals surface area contributed by atoms with Crippen LogP contribution in [0.5, 0.6) is 0 Å². The number of nitrogens with zero attached hydrogens (tertiary/aromatic N) is 1. The monoisotopic (exact) mass is 300 g/mol. The summed E-state index contributed by atoms with van der Waals surface area (Å²) < 4.78 is 6.00. The fourth-order valence-electron chi connectivity index (χ4n) is 2.38. The van der Waals surface area contributed by atoms with Crippen molar-refractivity contribution in [3.63, 3.8) is 0 Å². The van der Waals surface area contributed by atoms with E-state index in [1.54, 1.807) is 0 Å². The van der Waals surface area contributed by atoms with Gasteiger partial charge in [-0.15, -0.1) is 0 Å². The van der Waals surface area contributed by atoms with Gasteiger partial charge in [0.15, 0.2) is 10.4 Å². The van der Waals surface area contributed by atoms with Crippen molar-refractivity contribution in [2.45, 2.75) is 26.3 Å². The van der Waals surface area contributed by atoms with E-state index < -0.39 is 0 Å². The Balaban J connectivity index is 2.18. The number of furan rings is 1. The van der Waals surface area contributed by atoms with E-state index in [2.05, 4.69) is 22.9 Å². The molecule has 0 bridgehead atoms. The molecule has 2 unspecified atom stereocenters. The number of nitrogens with two attached hydrogens (primary N) is 1. The average Bonchev–Trinajstić information content (AvgIpc) is 2.81. The van der Waals surface area contributed by atoms with Crippen molar-refractivity contribution < 1.29 is 9.21 Å².